The minimum absolute atomic E-state index is 0.325. The Labute approximate surface area is 139 Å². The highest BCUT2D eigenvalue weighted by molar-refractivity contribution is 7.80. The summed E-state index contributed by atoms with van der Waals surface area (Å²) >= 11 is 5.58. The van der Waals surface area contributed by atoms with E-state index in [4.69, 9.17) is 12.2 Å². The third kappa shape index (κ3) is 3.01. The lowest BCUT2D eigenvalue weighted by molar-refractivity contribution is -0.0101. The zero-order valence-electron chi connectivity index (χ0n) is 13.2. The van der Waals surface area contributed by atoms with Crippen molar-refractivity contribution in [1.29, 1.82) is 0 Å². The molecule has 0 radical (unpaired) electrons. The first-order chi connectivity index (χ1) is 10.7. The quantitative estimate of drug-likeness (QED) is 0.829. The third-order valence-corrected chi connectivity index (χ3v) is 6.21. The van der Waals surface area contributed by atoms with Crippen LogP contribution in [0.5, 0.6) is 0 Å². The third-order valence-electron chi connectivity index (χ3n) is 5.96. The Bertz CT molecular complexity index is 504. The largest absolute Gasteiger partial charge is 0.362 e. The van der Waals surface area contributed by atoms with E-state index in [-0.39, 0.29) is 0 Å². The Kier molecular flexibility index (Phi) is 3.85. The molecular formula is C19H26N2S. The molecule has 2 N–H and O–H groups in total. The molecule has 0 saturated heterocycles. The average Bonchev–Trinajstić information content (AvgIpc) is 2.46. The molecular weight excluding hydrogens is 288 g/mol. The van der Waals surface area contributed by atoms with Crippen LogP contribution in [0.3, 0.4) is 0 Å². The molecule has 4 fully saturated rings. The minimum Gasteiger partial charge on any atom is -0.362 e. The van der Waals surface area contributed by atoms with Gasteiger partial charge in [-0.3, -0.25) is 0 Å². The molecule has 0 spiro atoms. The molecule has 5 rings (SSSR count). The highest BCUT2D eigenvalue weighted by atomic mass is 32.1. The number of hydrogen-bond acceptors (Lipinski definition) is 1. The zero-order chi connectivity index (χ0) is 15.0. The van der Waals surface area contributed by atoms with Gasteiger partial charge in [0.05, 0.1) is 0 Å². The van der Waals surface area contributed by atoms with Crippen molar-refractivity contribution in [2.45, 2.75) is 50.5 Å². The predicted octanol–water partition coefficient (Wildman–Crippen LogP) is 3.66. The molecule has 0 heterocycles. The molecule has 4 aliphatic carbocycles. The van der Waals surface area contributed by atoms with E-state index in [1.54, 1.807) is 0 Å². The van der Waals surface area contributed by atoms with E-state index in [0.29, 0.717) is 5.54 Å². The number of rotatable bonds is 4. The average molecular weight is 314 g/mol. The summed E-state index contributed by atoms with van der Waals surface area (Å²) in [4.78, 5) is 0. The van der Waals surface area contributed by atoms with Crippen molar-refractivity contribution < 1.29 is 0 Å². The minimum atomic E-state index is 0.325. The summed E-state index contributed by atoms with van der Waals surface area (Å²) in [5.74, 6) is 2.89. The van der Waals surface area contributed by atoms with Crippen LogP contribution in [-0.2, 0) is 6.42 Å². The van der Waals surface area contributed by atoms with Crippen molar-refractivity contribution in [3.63, 3.8) is 0 Å². The molecule has 22 heavy (non-hydrogen) atoms. The van der Waals surface area contributed by atoms with Crippen LogP contribution in [0.15, 0.2) is 30.3 Å². The van der Waals surface area contributed by atoms with Gasteiger partial charge in [0.15, 0.2) is 5.11 Å². The van der Waals surface area contributed by atoms with Gasteiger partial charge in [-0.05, 0) is 80.5 Å². The maximum atomic E-state index is 5.58. The molecule has 4 bridgehead atoms. The van der Waals surface area contributed by atoms with Gasteiger partial charge in [0.1, 0.15) is 0 Å². The number of hydrogen-bond donors (Lipinski definition) is 2. The molecule has 2 nitrogen and oxygen atoms in total. The van der Waals surface area contributed by atoms with E-state index in [2.05, 4.69) is 41.0 Å². The van der Waals surface area contributed by atoms with Crippen molar-refractivity contribution in [3.05, 3.63) is 35.9 Å². The first-order valence-electron chi connectivity index (χ1n) is 8.81. The van der Waals surface area contributed by atoms with Gasteiger partial charge in [0.25, 0.3) is 0 Å². The maximum Gasteiger partial charge on any atom is 0.166 e. The number of thiocarbonyl (C=S) groups is 1. The van der Waals surface area contributed by atoms with Crippen molar-refractivity contribution in [2.75, 3.05) is 6.54 Å². The molecule has 0 aliphatic heterocycles. The predicted molar refractivity (Wildman–Crippen MR) is 94.8 cm³/mol. The smallest absolute Gasteiger partial charge is 0.166 e. The Balaban J connectivity index is 1.29. The van der Waals surface area contributed by atoms with E-state index in [0.717, 1.165) is 35.8 Å². The molecule has 0 atom stereocenters. The molecule has 118 valence electrons. The highest BCUT2D eigenvalue weighted by Crippen LogP contribution is 2.55. The van der Waals surface area contributed by atoms with E-state index in [9.17, 15) is 0 Å². The van der Waals surface area contributed by atoms with Gasteiger partial charge in [0.2, 0.25) is 0 Å². The SMILES string of the molecule is S=C(NCCc1ccccc1)NC12CC3CC(CC(C3)C1)C2. The summed E-state index contributed by atoms with van der Waals surface area (Å²) in [7, 11) is 0. The van der Waals surface area contributed by atoms with Gasteiger partial charge in [-0.25, -0.2) is 0 Å². The van der Waals surface area contributed by atoms with Gasteiger partial charge in [-0.2, -0.15) is 0 Å². The van der Waals surface area contributed by atoms with E-state index >= 15 is 0 Å². The number of nitrogens with one attached hydrogen (secondary N) is 2. The highest BCUT2D eigenvalue weighted by Gasteiger charge is 2.51. The zero-order valence-corrected chi connectivity index (χ0v) is 14.0. The maximum absolute atomic E-state index is 5.58. The Hall–Kier alpha value is -1.09. The van der Waals surface area contributed by atoms with Gasteiger partial charge >= 0.3 is 0 Å². The van der Waals surface area contributed by atoms with Crippen LogP contribution in [0, 0.1) is 17.8 Å². The van der Waals surface area contributed by atoms with E-state index in [1.165, 1.54) is 44.1 Å². The molecule has 3 heteroatoms. The summed E-state index contributed by atoms with van der Waals surface area (Å²) in [6, 6.07) is 10.6. The normalized spacial score (nSPS) is 35.4. The Morgan fingerprint density at radius 1 is 1.00 bits per heavy atom. The molecule has 0 aromatic heterocycles. The van der Waals surface area contributed by atoms with Crippen LogP contribution < -0.4 is 10.6 Å². The lowest BCUT2D eigenvalue weighted by Crippen LogP contribution is -2.61. The summed E-state index contributed by atoms with van der Waals surface area (Å²) < 4.78 is 0. The van der Waals surface area contributed by atoms with E-state index < -0.39 is 0 Å². The van der Waals surface area contributed by atoms with Crippen molar-refractivity contribution in [1.82, 2.24) is 10.6 Å². The van der Waals surface area contributed by atoms with Crippen LogP contribution in [0.4, 0.5) is 0 Å². The van der Waals surface area contributed by atoms with Gasteiger partial charge in [0, 0.05) is 12.1 Å². The van der Waals surface area contributed by atoms with Crippen LogP contribution in [0.2, 0.25) is 0 Å². The molecule has 0 unspecified atom stereocenters. The first-order valence-corrected chi connectivity index (χ1v) is 9.22. The van der Waals surface area contributed by atoms with Crippen molar-refractivity contribution in [2.24, 2.45) is 17.8 Å². The fourth-order valence-corrected chi connectivity index (χ4v) is 5.83. The fraction of sp³-hybridized carbons (Fsp3) is 0.632. The van der Waals surface area contributed by atoms with Gasteiger partial charge in [-0.15, -0.1) is 0 Å². The Morgan fingerprint density at radius 2 is 1.59 bits per heavy atom. The second-order valence-corrected chi connectivity index (χ2v) is 8.22. The standard InChI is InChI=1S/C19H26N2S/c22-18(20-7-6-14-4-2-1-3-5-14)21-19-11-15-8-16(12-19)10-17(9-15)13-19/h1-5,15-17H,6-13H2,(H2,20,21,22). The molecule has 1 aromatic carbocycles. The topological polar surface area (TPSA) is 24.1 Å². The molecule has 4 saturated carbocycles. The summed E-state index contributed by atoms with van der Waals surface area (Å²) in [5, 5.41) is 8.03. The summed E-state index contributed by atoms with van der Waals surface area (Å²) in [5.41, 5.74) is 1.69. The second-order valence-electron chi connectivity index (χ2n) is 7.81. The Morgan fingerprint density at radius 3 is 2.18 bits per heavy atom. The van der Waals surface area contributed by atoms with Crippen LogP contribution >= 0.6 is 12.2 Å². The summed E-state index contributed by atoms with van der Waals surface area (Å²) in [6.07, 6.45) is 9.52. The monoisotopic (exact) mass is 314 g/mol. The molecule has 1 aromatic rings. The lowest BCUT2D eigenvalue weighted by atomic mass is 9.53. The molecule has 0 amide bonds. The van der Waals surface area contributed by atoms with Crippen LogP contribution in [0.25, 0.3) is 0 Å². The van der Waals surface area contributed by atoms with Crippen molar-refractivity contribution in [3.8, 4) is 0 Å². The van der Waals surface area contributed by atoms with Crippen LogP contribution in [0.1, 0.15) is 44.1 Å². The van der Waals surface area contributed by atoms with Crippen molar-refractivity contribution >= 4 is 17.3 Å². The van der Waals surface area contributed by atoms with E-state index in [1.807, 2.05) is 0 Å². The summed E-state index contributed by atoms with van der Waals surface area (Å²) in [6.45, 7) is 0.919. The van der Waals surface area contributed by atoms with Gasteiger partial charge in [-0.1, -0.05) is 30.3 Å². The second kappa shape index (κ2) is 5.84. The van der Waals surface area contributed by atoms with Gasteiger partial charge < -0.3 is 10.6 Å². The fourth-order valence-electron chi connectivity index (χ4n) is 5.51. The molecule has 4 aliphatic rings. The van der Waals surface area contributed by atoms with Crippen LogP contribution in [-0.4, -0.2) is 17.2 Å². The first kappa shape index (κ1) is 14.5. The lowest BCUT2D eigenvalue weighted by Gasteiger charge is -2.57. The number of benzene rings is 1.